The van der Waals surface area contributed by atoms with E-state index >= 15 is 0 Å². The first-order valence-electron chi connectivity index (χ1n) is 16.1. The fourth-order valence-corrected chi connectivity index (χ4v) is 5.97. The number of anilines is 2. The molecule has 1 heterocycles. The maximum absolute atomic E-state index is 13.9. The number of nitrogens with zero attached hydrogens (tertiary/aromatic N) is 2. The summed E-state index contributed by atoms with van der Waals surface area (Å²) in [5.74, 6) is 1.77. The highest BCUT2D eigenvalue weighted by Gasteiger charge is 2.30. The molecule has 0 spiro atoms. The van der Waals surface area contributed by atoms with Gasteiger partial charge in [0.2, 0.25) is 28.9 Å². The van der Waals surface area contributed by atoms with Gasteiger partial charge >= 0.3 is 0 Å². The van der Waals surface area contributed by atoms with Crippen LogP contribution in [0.2, 0.25) is 0 Å². The average molecular weight is 671 g/mol. The van der Waals surface area contributed by atoms with Crippen LogP contribution in [0.1, 0.15) is 56.6 Å². The van der Waals surface area contributed by atoms with Crippen LogP contribution in [0.3, 0.4) is 0 Å². The highest BCUT2D eigenvalue weighted by atomic mass is 16.5. The van der Waals surface area contributed by atoms with E-state index in [1.165, 1.54) is 20.1 Å². The maximum Gasteiger partial charge on any atom is 0.249 e. The van der Waals surface area contributed by atoms with Crippen LogP contribution in [-0.4, -0.2) is 54.4 Å². The molecule has 3 atom stereocenters. The van der Waals surface area contributed by atoms with E-state index in [-0.39, 0.29) is 35.5 Å². The second kappa shape index (κ2) is 15.5. The molecule has 49 heavy (non-hydrogen) atoms. The van der Waals surface area contributed by atoms with Crippen molar-refractivity contribution in [2.45, 2.75) is 58.7 Å². The van der Waals surface area contributed by atoms with E-state index in [9.17, 15) is 14.4 Å². The Kier molecular flexibility index (Phi) is 11.0. The van der Waals surface area contributed by atoms with Crippen molar-refractivity contribution in [3.63, 3.8) is 0 Å². The van der Waals surface area contributed by atoms with Gasteiger partial charge in [0.05, 0.1) is 33.1 Å². The predicted octanol–water partition coefficient (Wildman–Crippen LogP) is 5.03. The molecule has 0 bridgehead atoms. The molecule has 13 heteroatoms. The van der Waals surface area contributed by atoms with Crippen LogP contribution >= 0.6 is 0 Å². The van der Waals surface area contributed by atoms with Crippen LogP contribution in [0, 0.1) is 5.92 Å². The molecular formula is C36H42N6O7. The first kappa shape index (κ1) is 34.7. The zero-order valence-corrected chi connectivity index (χ0v) is 28.5. The van der Waals surface area contributed by atoms with Crippen molar-refractivity contribution in [2.24, 2.45) is 5.92 Å². The van der Waals surface area contributed by atoms with Crippen molar-refractivity contribution in [3.05, 3.63) is 81.8 Å². The van der Waals surface area contributed by atoms with Crippen molar-refractivity contribution >= 4 is 23.5 Å². The Balaban J connectivity index is 1.49. The highest BCUT2D eigenvalue weighted by molar-refractivity contribution is 5.95. The van der Waals surface area contributed by atoms with Gasteiger partial charge in [-0.25, -0.2) is 0 Å². The second-order valence-electron chi connectivity index (χ2n) is 11.8. The van der Waals surface area contributed by atoms with Gasteiger partial charge in [-0.2, -0.15) is 4.98 Å². The minimum atomic E-state index is -0.806. The minimum Gasteiger partial charge on any atom is -0.493 e. The number of H-pyrrole nitrogens is 1. The number of aryl methyl sites for hydroxylation is 1. The van der Waals surface area contributed by atoms with E-state index in [2.05, 4.69) is 31.1 Å². The molecule has 258 valence electrons. The summed E-state index contributed by atoms with van der Waals surface area (Å²) in [6.45, 7) is 5.47. The Morgan fingerprint density at radius 1 is 1.02 bits per heavy atom. The summed E-state index contributed by atoms with van der Waals surface area (Å²) in [7, 11) is 4.64. The number of hydrogen-bond donors (Lipinski definition) is 4. The van der Waals surface area contributed by atoms with Gasteiger partial charge in [0.1, 0.15) is 18.4 Å². The number of rotatable bonds is 13. The van der Waals surface area contributed by atoms with Gasteiger partial charge in [0.25, 0.3) is 0 Å². The van der Waals surface area contributed by atoms with Gasteiger partial charge in [-0.05, 0) is 65.8 Å². The molecule has 1 aliphatic rings. The molecular weight excluding hydrogens is 628 g/mol. The summed E-state index contributed by atoms with van der Waals surface area (Å²) >= 11 is 0. The van der Waals surface area contributed by atoms with Crippen molar-refractivity contribution in [2.75, 3.05) is 32.0 Å². The summed E-state index contributed by atoms with van der Waals surface area (Å²) in [5, 5.41) is 15.9. The Morgan fingerprint density at radius 2 is 1.78 bits per heavy atom. The van der Waals surface area contributed by atoms with Crippen LogP contribution in [0.25, 0.3) is 11.1 Å². The van der Waals surface area contributed by atoms with Crippen LogP contribution in [0.5, 0.6) is 23.0 Å². The third kappa shape index (κ3) is 7.77. The molecule has 13 nitrogen and oxygen atoms in total. The Labute approximate surface area is 284 Å². The van der Waals surface area contributed by atoms with E-state index in [0.29, 0.717) is 59.2 Å². The SMILES string of the molecule is CCC(C)C(Nc1ccc2c(cc1=O)C(NC(C)=O)CCc1cc(OC)c(OC)c(OC)c1-2)C(=O)Nc1n[nH]c(COc2ccccc2)n1. The lowest BCUT2D eigenvalue weighted by molar-refractivity contribution is -0.120. The Bertz CT molecular complexity index is 1860. The van der Waals surface area contributed by atoms with E-state index in [4.69, 9.17) is 18.9 Å². The van der Waals surface area contributed by atoms with Crippen molar-refractivity contribution in [3.8, 4) is 34.1 Å². The predicted molar refractivity (Wildman–Crippen MR) is 185 cm³/mol. The number of fused-ring (bicyclic) bond motifs is 3. The van der Waals surface area contributed by atoms with Crippen molar-refractivity contribution < 1.29 is 28.5 Å². The number of aromatic amines is 1. The molecule has 4 aromatic rings. The second-order valence-corrected chi connectivity index (χ2v) is 11.8. The molecule has 1 aromatic heterocycles. The number of ether oxygens (including phenoxy) is 4. The van der Waals surface area contributed by atoms with Crippen molar-refractivity contribution in [1.82, 2.24) is 20.5 Å². The zero-order valence-electron chi connectivity index (χ0n) is 28.5. The lowest BCUT2D eigenvalue weighted by Crippen LogP contribution is -2.41. The lowest BCUT2D eigenvalue weighted by Gasteiger charge is -2.23. The van der Waals surface area contributed by atoms with E-state index < -0.39 is 18.0 Å². The largest absolute Gasteiger partial charge is 0.493 e. The monoisotopic (exact) mass is 670 g/mol. The van der Waals surface area contributed by atoms with Crippen LogP contribution in [0.15, 0.2) is 59.4 Å². The molecule has 5 rings (SSSR count). The molecule has 0 saturated heterocycles. The minimum absolute atomic E-state index is 0.0886. The van der Waals surface area contributed by atoms with Gasteiger partial charge in [-0.1, -0.05) is 44.5 Å². The molecule has 0 saturated carbocycles. The number of para-hydroxylation sites is 1. The topological polar surface area (TPSA) is 166 Å². The fourth-order valence-electron chi connectivity index (χ4n) is 5.97. The molecule has 0 aliphatic heterocycles. The van der Waals surface area contributed by atoms with Crippen LogP contribution in [0.4, 0.5) is 11.6 Å². The summed E-state index contributed by atoms with van der Waals surface area (Å²) in [6, 6.07) is 14.9. The van der Waals surface area contributed by atoms with E-state index in [0.717, 1.165) is 11.1 Å². The van der Waals surface area contributed by atoms with E-state index in [1.54, 1.807) is 20.3 Å². The first-order valence-corrected chi connectivity index (χ1v) is 16.1. The summed E-state index contributed by atoms with van der Waals surface area (Å²) in [5.41, 5.74) is 2.81. The fraction of sp³-hybridized carbons (Fsp3) is 0.361. The molecule has 2 amide bonds. The Morgan fingerprint density at radius 3 is 2.45 bits per heavy atom. The quantitative estimate of drug-likeness (QED) is 0.152. The van der Waals surface area contributed by atoms with Gasteiger partial charge in [-0.3, -0.25) is 24.8 Å². The van der Waals surface area contributed by atoms with Gasteiger partial charge in [0, 0.05) is 12.5 Å². The highest BCUT2D eigenvalue weighted by Crippen LogP contribution is 2.50. The molecule has 3 unspecified atom stereocenters. The number of aromatic nitrogens is 3. The number of benzene rings is 2. The van der Waals surface area contributed by atoms with Crippen LogP contribution in [-0.2, 0) is 22.6 Å². The molecule has 0 fully saturated rings. The average Bonchev–Trinajstić information content (AvgIpc) is 3.42. The van der Waals surface area contributed by atoms with Crippen molar-refractivity contribution in [1.29, 1.82) is 0 Å². The number of carbonyl (C=O) groups excluding carboxylic acids is 2. The number of methoxy groups -OCH3 is 3. The maximum atomic E-state index is 13.9. The number of hydrogen-bond acceptors (Lipinski definition) is 10. The standard InChI is InChI=1S/C36H42N6O7/c1-7-20(2)32(35(45)40-36-39-30(41-42-36)19-49-23-11-9-8-10-12-23)38-27-16-14-24-25(18-28(27)44)26(37-21(3)43)15-13-22-17-29(46-4)33(47-5)34(48-6)31(22)24/h8-12,14,16-18,20,26,32H,7,13,15,19H2,1-6H3,(H,37,43)(H,38,44)(H2,39,40,41,42,45). The number of amides is 2. The van der Waals surface area contributed by atoms with Gasteiger partial charge < -0.3 is 29.6 Å². The summed E-state index contributed by atoms with van der Waals surface area (Å²) < 4.78 is 22.9. The molecule has 0 radical (unpaired) electrons. The molecule has 1 aliphatic carbocycles. The molecule has 3 aromatic carbocycles. The summed E-state index contributed by atoms with van der Waals surface area (Å²) in [6.07, 6.45) is 1.75. The molecule has 4 N–H and O–H groups in total. The van der Waals surface area contributed by atoms with Gasteiger partial charge in [-0.15, -0.1) is 5.10 Å². The first-order chi connectivity index (χ1) is 23.7. The zero-order chi connectivity index (χ0) is 35.1. The summed E-state index contributed by atoms with van der Waals surface area (Å²) in [4.78, 5) is 44.2. The third-order valence-electron chi connectivity index (χ3n) is 8.61. The number of nitrogens with one attached hydrogen (secondary N) is 4. The smallest absolute Gasteiger partial charge is 0.249 e. The van der Waals surface area contributed by atoms with E-state index in [1.807, 2.05) is 56.3 Å². The third-order valence-corrected chi connectivity index (χ3v) is 8.61. The lowest BCUT2D eigenvalue weighted by atomic mass is 9.95. The van der Waals surface area contributed by atoms with Gasteiger partial charge in [0.15, 0.2) is 17.3 Å². The van der Waals surface area contributed by atoms with Crippen LogP contribution < -0.4 is 40.3 Å². The Hall–Kier alpha value is -5.59. The normalized spacial score (nSPS) is 14.6. The number of carbonyl (C=O) groups is 2.